The largest absolute Gasteiger partial charge is 0.328 e. The Hall–Kier alpha value is -0.940. The first kappa shape index (κ1) is 23.1. The van der Waals surface area contributed by atoms with E-state index < -0.39 is 25.9 Å². The van der Waals surface area contributed by atoms with E-state index in [1.165, 1.54) is 6.07 Å². The van der Waals surface area contributed by atoms with Gasteiger partial charge in [-0.1, -0.05) is 6.92 Å². The highest BCUT2D eigenvalue weighted by atomic mass is 35.5. The van der Waals surface area contributed by atoms with E-state index in [0.29, 0.717) is 19.3 Å². The van der Waals surface area contributed by atoms with Gasteiger partial charge in [0.25, 0.3) is 0 Å². The van der Waals surface area contributed by atoms with Crippen LogP contribution < -0.4 is 15.2 Å². The van der Waals surface area contributed by atoms with Gasteiger partial charge in [0.2, 0.25) is 20.0 Å². The number of halogens is 2. The molecule has 0 bridgehead atoms. The van der Waals surface area contributed by atoms with Crippen LogP contribution in [0.4, 0.5) is 10.1 Å². The summed E-state index contributed by atoms with van der Waals surface area (Å²) in [6.45, 7) is 1.69. The average Bonchev–Trinajstić information content (AvgIpc) is 2.51. The maximum absolute atomic E-state index is 14.1. The number of nitrogens with one attached hydrogen (secondary N) is 2. The summed E-state index contributed by atoms with van der Waals surface area (Å²) in [7, 11) is -7.53. The number of nitrogens with two attached hydrogens (primary N) is 1. The molecule has 0 aliphatic heterocycles. The van der Waals surface area contributed by atoms with E-state index in [-0.39, 0.29) is 40.8 Å². The molecule has 11 heteroatoms. The normalized spacial score (nSPS) is 21.0. The van der Waals surface area contributed by atoms with Crippen molar-refractivity contribution in [2.45, 2.75) is 56.0 Å². The van der Waals surface area contributed by atoms with Crippen molar-refractivity contribution in [3.8, 4) is 0 Å². The molecule has 1 aromatic rings. The number of hydrogen-bond donors (Lipinski definition) is 3. The lowest BCUT2D eigenvalue weighted by Crippen LogP contribution is -2.40. The molecule has 1 fully saturated rings. The lowest BCUT2D eigenvalue weighted by atomic mass is 9.93. The molecule has 2 rings (SSSR count). The first-order valence-corrected chi connectivity index (χ1v) is 11.3. The van der Waals surface area contributed by atoms with Crippen LogP contribution in [0, 0.1) is 5.82 Å². The van der Waals surface area contributed by atoms with Crippen LogP contribution >= 0.6 is 12.4 Å². The van der Waals surface area contributed by atoms with E-state index in [1.54, 1.807) is 6.92 Å². The summed E-state index contributed by atoms with van der Waals surface area (Å²) in [5, 5.41) is 0. The van der Waals surface area contributed by atoms with E-state index in [1.807, 2.05) is 0 Å². The summed E-state index contributed by atoms with van der Waals surface area (Å²) in [6.07, 6.45) is 3.13. The minimum Gasteiger partial charge on any atom is -0.328 e. The summed E-state index contributed by atoms with van der Waals surface area (Å²) in [6, 6.07) is 2.99. The number of rotatable bonds is 7. The molecule has 0 heterocycles. The van der Waals surface area contributed by atoms with Crippen molar-refractivity contribution in [3.63, 3.8) is 0 Å². The van der Waals surface area contributed by atoms with Crippen molar-refractivity contribution in [2.24, 2.45) is 5.73 Å². The highest BCUT2D eigenvalue weighted by molar-refractivity contribution is 7.92. The van der Waals surface area contributed by atoms with Crippen molar-refractivity contribution in [3.05, 3.63) is 24.0 Å². The quantitative estimate of drug-likeness (QED) is 0.612. The molecule has 1 saturated carbocycles. The third-order valence-corrected chi connectivity index (χ3v) is 7.08. The van der Waals surface area contributed by atoms with Gasteiger partial charge in [-0.25, -0.2) is 25.9 Å². The second-order valence-electron chi connectivity index (χ2n) is 6.30. The van der Waals surface area contributed by atoms with Crippen LogP contribution in [-0.4, -0.2) is 34.7 Å². The fraction of sp³-hybridized carbons (Fsp3) is 0.600. The Morgan fingerprint density at radius 1 is 1.15 bits per heavy atom. The third-order valence-electron chi connectivity index (χ3n) is 4.08. The molecular weight excluding hydrogens is 405 g/mol. The second-order valence-corrected chi connectivity index (χ2v) is 9.85. The molecule has 1 aliphatic rings. The van der Waals surface area contributed by atoms with E-state index in [4.69, 9.17) is 5.73 Å². The summed E-state index contributed by atoms with van der Waals surface area (Å²) < 4.78 is 67.0. The van der Waals surface area contributed by atoms with Gasteiger partial charge in [0.05, 0.1) is 16.3 Å². The molecule has 7 nitrogen and oxygen atoms in total. The monoisotopic (exact) mass is 429 g/mol. The molecule has 0 spiro atoms. The Morgan fingerprint density at radius 2 is 1.77 bits per heavy atom. The van der Waals surface area contributed by atoms with Gasteiger partial charge < -0.3 is 5.73 Å². The fourth-order valence-electron chi connectivity index (χ4n) is 2.76. The number of benzene rings is 1. The number of hydrogen-bond acceptors (Lipinski definition) is 5. The predicted molar refractivity (Wildman–Crippen MR) is 102 cm³/mol. The molecule has 1 aliphatic carbocycles. The van der Waals surface area contributed by atoms with Gasteiger partial charge in [0, 0.05) is 12.1 Å². The van der Waals surface area contributed by atoms with Crippen LogP contribution in [0.25, 0.3) is 0 Å². The lowest BCUT2D eigenvalue weighted by Gasteiger charge is -2.26. The highest BCUT2D eigenvalue weighted by Crippen LogP contribution is 2.23. The lowest BCUT2D eigenvalue weighted by molar-refractivity contribution is 0.373. The van der Waals surface area contributed by atoms with Crippen LogP contribution in [0.5, 0.6) is 0 Å². The van der Waals surface area contributed by atoms with Crippen molar-refractivity contribution in [1.29, 1.82) is 0 Å². The van der Waals surface area contributed by atoms with E-state index in [0.717, 1.165) is 25.0 Å². The second kappa shape index (κ2) is 9.32. The van der Waals surface area contributed by atoms with Gasteiger partial charge in [-0.3, -0.25) is 4.72 Å². The first-order chi connectivity index (χ1) is 11.6. The average molecular weight is 430 g/mol. The maximum Gasteiger partial charge on any atom is 0.240 e. The highest BCUT2D eigenvalue weighted by Gasteiger charge is 2.25. The molecule has 0 unspecified atom stereocenters. The van der Waals surface area contributed by atoms with Crippen molar-refractivity contribution in [2.75, 3.05) is 10.5 Å². The summed E-state index contributed by atoms with van der Waals surface area (Å²) in [5.41, 5.74) is 5.53. The van der Waals surface area contributed by atoms with Crippen LogP contribution in [-0.2, 0) is 20.0 Å². The van der Waals surface area contributed by atoms with Crippen LogP contribution in [0.3, 0.4) is 0 Å². The Morgan fingerprint density at radius 3 is 2.31 bits per heavy atom. The minimum atomic E-state index is -3.88. The Labute approximate surface area is 160 Å². The topological polar surface area (TPSA) is 118 Å². The van der Waals surface area contributed by atoms with Gasteiger partial charge in [-0.05, 0) is 50.3 Å². The zero-order valence-corrected chi connectivity index (χ0v) is 16.9. The van der Waals surface area contributed by atoms with Gasteiger partial charge in [0.1, 0.15) is 5.82 Å². The number of sulfonamides is 2. The van der Waals surface area contributed by atoms with Crippen molar-refractivity contribution < 1.29 is 21.2 Å². The van der Waals surface area contributed by atoms with Crippen LogP contribution in [0.2, 0.25) is 0 Å². The molecular formula is C15H25ClFN3O4S2. The molecule has 26 heavy (non-hydrogen) atoms. The van der Waals surface area contributed by atoms with Crippen LogP contribution in [0.15, 0.2) is 23.1 Å². The SMILES string of the molecule is CCCS(=O)(=O)Nc1ccc(S(=O)(=O)NC2CCC(N)CC2)cc1F.Cl. The van der Waals surface area contributed by atoms with Crippen molar-refractivity contribution >= 4 is 38.1 Å². The van der Waals surface area contributed by atoms with E-state index in [2.05, 4.69) is 9.44 Å². The van der Waals surface area contributed by atoms with Gasteiger partial charge in [-0.15, -0.1) is 12.4 Å². The molecule has 0 atom stereocenters. The molecule has 0 amide bonds. The number of anilines is 1. The zero-order valence-electron chi connectivity index (χ0n) is 14.4. The van der Waals surface area contributed by atoms with E-state index in [9.17, 15) is 21.2 Å². The molecule has 150 valence electrons. The molecule has 1 aromatic carbocycles. The minimum absolute atomic E-state index is 0. The Bertz CT molecular complexity index is 810. The molecule has 4 N–H and O–H groups in total. The van der Waals surface area contributed by atoms with Crippen molar-refractivity contribution in [1.82, 2.24) is 4.72 Å². The maximum atomic E-state index is 14.1. The molecule has 0 radical (unpaired) electrons. The van der Waals surface area contributed by atoms with Crippen LogP contribution in [0.1, 0.15) is 39.0 Å². The molecule has 0 saturated heterocycles. The fourth-order valence-corrected chi connectivity index (χ4v) is 5.21. The summed E-state index contributed by atoms with van der Waals surface area (Å²) in [4.78, 5) is -0.238. The van der Waals surface area contributed by atoms with Gasteiger partial charge in [-0.2, -0.15) is 0 Å². The summed E-state index contributed by atoms with van der Waals surface area (Å²) >= 11 is 0. The third kappa shape index (κ3) is 6.34. The van der Waals surface area contributed by atoms with E-state index >= 15 is 0 Å². The smallest absolute Gasteiger partial charge is 0.240 e. The predicted octanol–water partition coefficient (Wildman–Crippen LogP) is 1.95. The summed E-state index contributed by atoms with van der Waals surface area (Å²) in [5.74, 6) is -1.08. The van der Waals surface area contributed by atoms with Gasteiger partial charge in [0.15, 0.2) is 0 Å². The standard InChI is InChI=1S/C15H24FN3O4S2.ClH/c1-2-9-24(20,21)19-15-8-7-13(10-14(15)16)25(22,23)18-12-5-3-11(17)4-6-12;/h7-8,10-12,18-19H,2-6,9,17H2,1H3;1H. The molecule has 0 aromatic heterocycles. The first-order valence-electron chi connectivity index (χ1n) is 8.21. The Kier molecular flexibility index (Phi) is 8.28. The van der Waals surface area contributed by atoms with Gasteiger partial charge >= 0.3 is 0 Å². The Balaban J connectivity index is 0.00000338. The zero-order chi connectivity index (χ0) is 18.7.